The van der Waals surface area contributed by atoms with Crippen LogP contribution in [-0.4, -0.2) is 43.8 Å². The summed E-state index contributed by atoms with van der Waals surface area (Å²) < 4.78 is 5.60. The summed E-state index contributed by atoms with van der Waals surface area (Å²) >= 11 is 0. The van der Waals surface area contributed by atoms with Crippen molar-refractivity contribution in [2.75, 3.05) is 19.6 Å². The van der Waals surface area contributed by atoms with Gasteiger partial charge in [0.05, 0.1) is 6.10 Å². The lowest BCUT2D eigenvalue weighted by Crippen LogP contribution is -2.45. The molecule has 1 fully saturated rings. The molecular formula is C11H21N3O3. The van der Waals surface area contributed by atoms with Gasteiger partial charge in [0.25, 0.3) is 5.91 Å². The number of carbonyl (C=O) groups excluding carboxylic acids is 2. The summed E-state index contributed by atoms with van der Waals surface area (Å²) in [6.45, 7) is 5.77. The Morgan fingerprint density at radius 2 is 2.06 bits per heavy atom. The van der Waals surface area contributed by atoms with Gasteiger partial charge in [-0.15, -0.1) is 0 Å². The van der Waals surface area contributed by atoms with Crippen LogP contribution in [0.5, 0.6) is 0 Å². The van der Waals surface area contributed by atoms with Crippen LogP contribution in [0.15, 0.2) is 0 Å². The largest absolute Gasteiger partial charge is 0.365 e. The van der Waals surface area contributed by atoms with Crippen LogP contribution in [0, 0.1) is 0 Å². The fourth-order valence-corrected chi connectivity index (χ4v) is 1.70. The number of carbonyl (C=O) groups is 2. The van der Waals surface area contributed by atoms with Crippen molar-refractivity contribution in [3.63, 3.8) is 0 Å². The lowest BCUT2D eigenvalue weighted by molar-refractivity contribution is -0.135. The maximum absolute atomic E-state index is 11.6. The summed E-state index contributed by atoms with van der Waals surface area (Å²) in [7, 11) is 0. The molecule has 3 N–H and O–H groups in total. The van der Waals surface area contributed by atoms with E-state index in [1.165, 1.54) is 0 Å². The SMILES string of the molecule is CCNC(=O)NC(=O)C(C)OC1CCNCC1. The predicted octanol–water partition coefficient (Wildman–Crippen LogP) is -0.0108. The van der Waals surface area contributed by atoms with E-state index in [1.807, 2.05) is 0 Å². The second-order valence-corrected chi connectivity index (χ2v) is 4.08. The van der Waals surface area contributed by atoms with Crippen molar-refractivity contribution >= 4 is 11.9 Å². The molecule has 98 valence electrons. The number of imide groups is 1. The Balaban J connectivity index is 2.28. The molecule has 1 heterocycles. The van der Waals surface area contributed by atoms with Gasteiger partial charge in [-0.1, -0.05) is 0 Å². The van der Waals surface area contributed by atoms with Crippen LogP contribution in [0.25, 0.3) is 0 Å². The Kier molecular flexibility index (Phi) is 5.93. The van der Waals surface area contributed by atoms with E-state index in [9.17, 15) is 9.59 Å². The number of rotatable bonds is 4. The van der Waals surface area contributed by atoms with Crippen molar-refractivity contribution in [1.29, 1.82) is 0 Å². The van der Waals surface area contributed by atoms with Gasteiger partial charge >= 0.3 is 6.03 Å². The van der Waals surface area contributed by atoms with Gasteiger partial charge in [0.15, 0.2) is 0 Å². The zero-order valence-corrected chi connectivity index (χ0v) is 10.4. The minimum atomic E-state index is -0.597. The van der Waals surface area contributed by atoms with E-state index in [-0.39, 0.29) is 6.10 Å². The van der Waals surface area contributed by atoms with Crippen molar-refractivity contribution in [2.24, 2.45) is 0 Å². The van der Waals surface area contributed by atoms with Gasteiger partial charge in [-0.25, -0.2) is 4.79 Å². The first-order chi connectivity index (χ1) is 8.13. The third kappa shape index (κ3) is 5.14. The first-order valence-electron chi connectivity index (χ1n) is 6.08. The Hall–Kier alpha value is -1.14. The number of nitrogens with one attached hydrogen (secondary N) is 3. The first-order valence-corrected chi connectivity index (χ1v) is 6.08. The minimum Gasteiger partial charge on any atom is -0.365 e. The molecule has 0 aromatic heterocycles. The third-order valence-electron chi connectivity index (χ3n) is 2.63. The van der Waals surface area contributed by atoms with Crippen LogP contribution < -0.4 is 16.0 Å². The highest BCUT2D eigenvalue weighted by Crippen LogP contribution is 2.09. The van der Waals surface area contributed by atoms with Gasteiger partial charge in [-0.2, -0.15) is 0 Å². The number of piperidine rings is 1. The zero-order valence-electron chi connectivity index (χ0n) is 10.4. The van der Waals surface area contributed by atoms with Crippen LogP contribution >= 0.6 is 0 Å². The van der Waals surface area contributed by atoms with Gasteiger partial charge in [0.1, 0.15) is 6.10 Å². The van der Waals surface area contributed by atoms with Crippen molar-refractivity contribution in [1.82, 2.24) is 16.0 Å². The standard InChI is InChI=1S/C11H21N3O3/c1-3-13-11(16)14-10(15)8(2)17-9-4-6-12-7-5-9/h8-9,12H,3-7H2,1-2H3,(H2,13,14,15,16). The number of hydrogen-bond acceptors (Lipinski definition) is 4. The molecule has 0 spiro atoms. The molecule has 1 rings (SSSR count). The molecule has 0 aromatic carbocycles. The van der Waals surface area contributed by atoms with Crippen LogP contribution in [-0.2, 0) is 9.53 Å². The highest BCUT2D eigenvalue weighted by atomic mass is 16.5. The minimum absolute atomic E-state index is 0.103. The Labute approximate surface area is 101 Å². The van der Waals surface area contributed by atoms with Crippen LogP contribution in [0.4, 0.5) is 4.79 Å². The van der Waals surface area contributed by atoms with E-state index in [4.69, 9.17) is 4.74 Å². The number of hydrogen-bond donors (Lipinski definition) is 3. The van der Waals surface area contributed by atoms with Crippen molar-refractivity contribution in [3.8, 4) is 0 Å². The van der Waals surface area contributed by atoms with Gasteiger partial charge in [0.2, 0.25) is 0 Å². The predicted molar refractivity (Wildman–Crippen MR) is 63.7 cm³/mol. The molecular weight excluding hydrogens is 222 g/mol. The lowest BCUT2D eigenvalue weighted by Gasteiger charge is -2.25. The molecule has 1 aliphatic rings. The molecule has 1 unspecified atom stereocenters. The van der Waals surface area contributed by atoms with Crippen LogP contribution in [0.2, 0.25) is 0 Å². The van der Waals surface area contributed by atoms with Crippen molar-refractivity contribution in [2.45, 2.75) is 38.9 Å². The molecule has 17 heavy (non-hydrogen) atoms. The molecule has 0 aromatic rings. The maximum atomic E-state index is 11.6. The van der Waals surface area contributed by atoms with Gasteiger partial charge in [-0.3, -0.25) is 10.1 Å². The molecule has 0 saturated carbocycles. The van der Waals surface area contributed by atoms with Crippen LogP contribution in [0.3, 0.4) is 0 Å². The Morgan fingerprint density at radius 3 is 2.65 bits per heavy atom. The molecule has 6 nitrogen and oxygen atoms in total. The fourth-order valence-electron chi connectivity index (χ4n) is 1.70. The van der Waals surface area contributed by atoms with Gasteiger partial charge in [-0.05, 0) is 39.8 Å². The summed E-state index contributed by atoms with van der Waals surface area (Å²) in [5.74, 6) is -0.394. The maximum Gasteiger partial charge on any atom is 0.321 e. The van der Waals surface area contributed by atoms with E-state index < -0.39 is 18.0 Å². The molecule has 1 atom stereocenters. The number of ether oxygens (including phenoxy) is 1. The van der Waals surface area contributed by atoms with Crippen molar-refractivity contribution < 1.29 is 14.3 Å². The topological polar surface area (TPSA) is 79.5 Å². The molecule has 0 bridgehead atoms. The Morgan fingerprint density at radius 1 is 1.41 bits per heavy atom. The lowest BCUT2D eigenvalue weighted by atomic mass is 10.1. The highest BCUT2D eigenvalue weighted by Gasteiger charge is 2.21. The molecule has 0 aliphatic carbocycles. The Bertz CT molecular complexity index is 265. The van der Waals surface area contributed by atoms with E-state index >= 15 is 0 Å². The smallest absolute Gasteiger partial charge is 0.321 e. The summed E-state index contributed by atoms with van der Waals surface area (Å²) in [4.78, 5) is 22.7. The molecule has 0 radical (unpaired) electrons. The summed E-state index contributed by atoms with van der Waals surface area (Å²) in [6, 6.07) is -0.474. The molecule has 6 heteroatoms. The fraction of sp³-hybridized carbons (Fsp3) is 0.818. The van der Waals surface area contributed by atoms with E-state index in [1.54, 1.807) is 13.8 Å². The number of amides is 3. The zero-order chi connectivity index (χ0) is 12.7. The average molecular weight is 243 g/mol. The second-order valence-electron chi connectivity index (χ2n) is 4.08. The van der Waals surface area contributed by atoms with Crippen molar-refractivity contribution in [3.05, 3.63) is 0 Å². The average Bonchev–Trinajstić information content (AvgIpc) is 2.30. The van der Waals surface area contributed by atoms with Gasteiger partial charge in [0, 0.05) is 6.54 Å². The summed E-state index contributed by atoms with van der Waals surface area (Å²) in [5.41, 5.74) is 0. The number of urea groups is 1. The van der Waals surface area contributed by atoms with Gasteiger partial charge < -0.3 is 15.4 Å². The third-order valence-corrected chi connectivity index (χ3v) is 2.63. The molecule has 1 aliphatic heterocycles. The summed E-state index contributed by atoms with van der Waals surface area (Å²) in [6.07, 6.45) is 1.31. The highest BCUT2D eigenvalue weighted by molar-refractivity contribution is 5.96. The quantitative estimate of drug-likeness (QED) is 0.649. The van der Waals surface area contributed by atoms with E-state index in [2.05, 4.69) is 16.0 Å². The van der Waals surface area contributed by atoms with E-state index in [0.29, 0.717) is 6.54 Å². The normalized spacial score (nSPS) is 18.5. The second kappa shape index (κ2) is 7.24. The monoisotopic (exact) mass is 243 g/mol. The summed E-state index contributed by atoms with van der Waals surface area (Å²) in [5, 5.41) is 7.96. The molecule has 3 amide bonds. The van der Waals surface area contributed by atoms with E-state index in [0.717, 1.165) is 25.9 Å². The van der Waals surface area contributed by atoms with Crippen LogP contribution in [0.1, 0.15) is 26.7 Å². The first kappa shape index (κ1) is 13.9. The molecule has 1 saturated heterocycles.